The summed E-state index contributed by atoms with van der Waals surface area (Å²) in [6, 6.07) is 10.3. The summed E-state index contributed by atoms with van der Waals surface area (Å²) in [5.74, 6) is 0.912. The molecule has 0 fully saturated rings. The van der Waals surface area contributed by atoms with Gasteiger partial charge in [-0.25, -0.2) is 0 Å². The average Bonchev–Trinajstić information content (AvgIpc) is 2.77. The monoisotopic (exact) mass is 325 g/mol. The molecule has 2 aromatic rings. The van der Waals surface area contributed by atoms with E-state index in [1.807, 2.05) is 13.0 Å². The number of ether oxygens (including phenoxy) is 1. The van der Waals surface area contributed by atoms with Crippen LogP contribution in [0.4, 0.5) is 0 Å². The van der Waals surface area contributed by atoms with Gasteiger partial charge in [0.2, 0.25) is 0 Å². The highest BCUT2D eigenvalue weighted by atomic mass is 79.9. The third kappa shape index (κ3) is 3.13. The van der Waals surface area contributed by atoms with E-state index in [1.165, 1.54) is 5.56 Å². The van der Waals surface area contributed by atoms with Crippen LogP contribution >= 0.6 is 27.3 Å². The fourth-order valence-electron chi connectivity index (χ4n) is 1.71. The lowest BCUT2D eigenvalue weighted by atomic mass is 10.1. The maximum Gasteiger partial charge on any atom is 0.145 e. The Morgan fingerprint density at radius 3 is 2.67 bits per heavy atom. The summed E-state index contributed by atoms with van der Waals surface area (Å²) in [7, 11) is 0. The summed E-state index contributed by atoms with van der Waals surface area (Å²) in [5.41, 5.74) is 8.14. The molecule has 1 atom stereocenters. The number of thiophene rings is 1. The number of benzene rings is 1. The first kappa shape index (κ1) is 13.6. The second-order valence-corrected chi connectivity index (χ2v) is 6.75. The average molecular weight is 326 g/mol. The Hall–Kier alpha value is -0.840. The van der Waals surface area contributed by atoms with Gasteiger partial charge in [0.25, 0.3) is 0 Å². The van der Waals surface area contributed by atoms with Crippen molar-refractivity contribution < 1.29 is 4.74 Å². The highest BCUT2D eigenvalue weighted by Gasteiger charge is 2.15. The highest BCUT2D eigenvalue weighted by molar-refractivity contribution is 9.11. The van der Waals surface area contributed by atoms with Crippen LogP contribution in [0.25, 0.3) is 0 Å². The first-order valence-corrected chi connectivity index (χ1v) is 7.40. The van der Waals surface area contributed by atoms with Crippen molar-refractivity contribution in [2.24, 2.45) is 5.73 Å². The molecule has 96 valence electrons. The van der Waals surface area contributed by atoms with Crippen molar-refractivity contribution in [1.29, 1.82) is 0 Å². The van der Waals surface area contributed by atoms with E-state index >= 15 is 0 Å². The molecule has 0 amide bonds. The summed E-state index contributed by atoms with van der Waals surface area (Å²) in [4.78, 5) is 1.14. The fraction of sp³-hybridized carbons (Fsp3) is 0.286. The van der Waals surface area contributed by atoms with Crippen molar-refractivity contribution in [2.45, 2.75) is 20.0 Å². The minimum Gasteiger partial charge on any atom is -0.483 e. The standard InChI is InChI=1S/C14H16BrNOS/c1-9-3-4-10(2)11(7-9)17-12(8-16)13-5-6-14(15)18-13/h3-7,12H,8,16H2,1-2H3. The van der Waals surface area contributed by atoms with Crippen molar-refractivity contribution >= 4 is 27.3 Å². The van der Waals surface area contributed by atoms with Crippen LogP contribution in [0.3, 0.4) is 0 Å². The van der Waals surface area contributed by atoms with Crippen LogP contribution in [0.1, 0.15) is 22.1 Å². The zero-order valence-corrected chi connectivity index (χ0v) is 12.8. The van der Waals surface area contributed by atoms with E-state index in [0.717, 1.165) is 20.0 Å². The van der Waals surface area contributed by atoms with Gasteiger partial charge in [0.1, 0.15) is 11.9 Å². The van der Waals surface area contributed by atoms with Gasteiger partial charge in [-0.1, -0.05) is 12.1 Å². The molecular weight excluding hydrogens is 310 g/mol. The van der Waals surface area contributed by atoms with Crippen LogP contribution in [0.15, 0.2) is 34.1 Å². The lowest BCUT2D eigenvalue weighted by Gasteiger charge is -2.18. The molecule has 0 saturated carbocycles. The molecule has 0 aliphatic carbocycles. The molecule has 0 aliphatic heterocycles. The molecule has 2 N–H and O–H groups in total. The van der Waals surface area contributed by atoms with Gasteiger partial charge in [-0.2, -0.15) is 0 Å². The molecule has 1 unspecified atom stereocenters. The minimum absolute atomic E-state index is 0.0817. The van der Waals surface area contributed by atoms with Crippen molar-refractivity contribution in [3.8, 4) is 5.75 Å². The van der Waals surface area contributed by atoms with E-state index < -0.39 is 0 Å². The summed E-state index contributed by atoms with van der Waals surface area (Å²) < 4.78 is 7.14. The molecule has 18 heavy (non-hydrogen) atoms. The number of rotatable bonds is 4. The second kappa shape index (κ2) is 5.87. The molecule has 1 heterocycles. The van der Waals surface area contributed by atoms with Crippen LogP contribution in [-0.2, 0) is 0 Å². The van der Waals surface area contributed by atoms with Crippen molar-refractivity contribution in [2.75, 3.05) is 6.54 Å². The van der Waals surface area contributed by atoms with Gasteiger partial charge in [-0.05, 0) is 59.1 Å². The molecule has 4 heteroatoms. The maximum absolute atomic E-state index is 6.04. The molecule has 0 spiro atoms. The van der Waals surface area contributed by atoms with E-state index in [4.69, 9.17) is 10.5 Å². The topological polar surface area (TPSA) is 35.2 Å². The Kier molecular flexibility index (Phi) is 4.43. The number of nitrogens with two attached hydrogens (primary N) is 1. The Labute approximate surface area is 120 Å². The van der Waals surface area contributed by atoms with E-state index in [-0.39, 0.29) is 6.10 Å². The predicted octanol–water partition coefficient (Wildman–Crippen LogP) is 4.21. The molecule has 2 rings (SSSR count). The SMILES string of the molecule is Cc1ccc(C)c(OC(CN)c2ccc(Br)s2)c1. The molecular formula is C14H16BrNOS. The Morgan fingerprint density at radius 1 is 1.28 bits per heavy atom. The van der Waals surface area contributed by atoms with Gasteiger partial charge in [0, 0.05) is 11.4 Å². The van der Waals surface area contributed by atoms with Crippen molar-refractivity contribution in [3.63, 3.8) is 0 Å². The number of hydrogen-bond acceptors (Lipinski definition) is 3. The van der Waals surface area contributed by atoms with Crippen molar-refractivity contribution in [3.05, 3.63) is 50.1 Å². The maximum atomic E-state index is 6.04. The van der Waals surface area contributed by atoms with Crippen LogP contribution < -0.4 is 10.5 Å². The van der Waals surface area contributed by atoms with E-state index in [0.29, 0.717) is 6.54 Å². The molecule has 1 aromatic heterocycles. The van der Waals surface area contributed by atoms with Gasteiger partial charge in [-0.15, -0.1) is 11.3 Å². The first-order chi connectivity index (χ1) is 8.60. The third-order valence-corrected chi connectivity index (χ3v) is 4.45. The zero-order valence-electron chi connectivity index (χ0n) is 10.4. The number of aryl methyl sites for hydroxylation is 2. The molecule has 2 nitrogen and oxygen atoms in total. The normalized spacial score (nSPS) is 12.4. The Bertz CT molecular complexity index is 538. The largest absolute Gasteiger partial charge is 0.483 e. The van der Waals surface area contributed by atoms with Crippen molar-refractivity contribution in [1.82, 2.24) is 0 Å². The van der Waals surface area contributed by atoms with Crippen LogP contribution in [0.5, 0.6) is 5.75 Å². The smallest absolute Gasteiger partial charge is 0.145 e. The number of halogens is 1. The van der Waals surface area contributed by atoms with E-state index in [1.54, 1.807) is 11.3 Å². The molecule has 0 bridgehead atoms. The molecule has 0 radical (unpaired) electrons. The predicted molar refractivity (Wildman–Crippen MR) is 80.4 cm³/mol. The van der Waals surface area contributed by atoms with Gasteiger partial charge in [0.05, 0.1) is 3.79 Å². The van der Waals surface area contributed by atoms with Gasteiger partial charge < -0.3 is 10.5 Å². The quantitative estimate of drug-likeness (QED) is 0.914. The van der Waals surface area contributed by atoms with E-state index in [9.17, 15) is 0 Å². The molecule has 0 aliphatic rings. The lowest BCUT2D eigenvalue weighted by molar-refractivity contribution is 0.216. The number of hydrogen-bond donors (Lipinski definition) is 1. The highest BCUT2D eigenvalue weighted by Crippen LogP contribution is 2.31. The summed E-state index contributed by atoms with van der Waals surface area (Å²) in [6.45, 7) is 4.58. The van der Waals surface area contributed by atoms with E-state index in [2.05, 4.69) is 47.1 Å². The Morgan fingerprint density at radius 2 is 2.06 bits per heavy atom. The summed E-state index contributed by atoms with van der Waals surface area (Å²) in [5, 5.41) is 0. The molecule has 0 saturated heterocycles. The van der Waals surface area contributed by atoms with Gasteiger partial charge >= 0.3 is 0 Å². The van der Waals surface area contributed by atoms with Gasteiger partial charge in [0.15, 0.2) is 0 Å². The second-order valence-electron chi connectivity index (χ2n) is 4.25. The zero-order chi connectivity index (χ0) is 13.1. The summed E-state index contributed by atoms with van der Waals surface area (Å²) >= 11 is 5.12. The Balaban J connectivity index is 2.22. The first-order valence-electron chi connectivity index (χ1n) is 5.79. The molecule has 1 aromatic carbocycles. The summed E-state index contributed by atoms with van der Waals surface area (Å²) in [6.07, 6.45) is -0.0817. The minimum atomic E-state index is -0.0817. The lowest BCUT2D eigenvalue weighted by Crippen LogP contribution is -2.17. The van der Waals surface area contributed by atoms with Gasteiger partial charge in [-0.3, -0.25) is 0 Å². The van der Waals surface area contributed by atoms with Crippen LogP contribution in [0.2, 0.25) is 0 Å². The van der Waals surface area contributed by atoms with Crippen LogP contribution in [0, 0.1) is 13.8 Å². The third-order valence-electron chi connectivity index (χ3n) is 2.74. The van der Waals surface area contributed by atoms with Crippen LogP contribution in [-0.4, -0.2) is 6.54 Å². The fourth-order valence-corrected chi connectivity index (χ4v) is 3.18.